The molecule has 0 saturated heterocycles. The molecule has 0 heterocycles. The van der Waals surface area contributed by atoms with E-state index in [-0.39, 0.29) is 17.4 Å². The van der Waals surface area contributed by atoms with E-state index in [4.69, 9.17) is 5.84 Å². The van der Waals surface area contributed by atoms with Crippen molar-refractivity contribution in [3.63, 3.8) is 0 Å². The fraction of sp³-hybridized carbons (Fsp3) is 0.571. The van der Waals surface area contributed by atoms with Crippen LogP contribution in [0.4, 0.5) is 4.39 Å². The third-order valence-electron chi connectivity index (χ3n) is 3.74. The van der Waals surface area contributed by atoms with Gasteiger partial charge in [0.25, 0.3) is 0 Å². The summed E-state index contributed by atoms with van der Waals surface area (Å²) in [5.41, 5.74) is 3.06. The molecule has 0 bridgehead atoms. The Morgan fingerprint density at radius 3 is 2.42 bits per heavy atom. The molecule has 0 saturated carbocycles. The maximum Gasteiger partial charge on any atom is 0.142 e. The van der Waals surface area contributed by atoms with Crippen LogP contribution in [0.3, 0.4) is 0 Å². The molecule has 0 radical (unpaired) electrons. The largest absolute Gasteiger partial charge is 0.297 e. The van der Waals surface area contributed by atoms with Crippen LogP contribution in [-0.4, -0.2) is 23.5 Å². The predicted octanol–water partition coefficient (Wildman–Crippen LogP) is 3.21. The number of hydrogen-bond donors (Lipinski definition) is 2. The van der Waals surface area contributed by atoms with Crippen molar-refractivity contribution in [1.82, 2.24) is 10.3 Å². The Balaban J connectivity index is 3.22. The second-order valence-electron chi connectivity index (χ2n) is 5.07. The first-order valence-electron chi connectivity index (χ1n) is 6.55. The average molecular weight is 332 g/mol. The van der Waals surface area contributed by atoms with Gasteiger partial charge in [-0.15, -0.1) is 0 Å². The number of nitrogens with one attached hydrogen (secondary N) is 1. The fourth-order valence-electron chi connectivity index (χ4n) is 2.64. The SMILES string of the molecule is CCN(CC)C(C)(C)C(NN)c1cccc(Br)c1F. The minimum absolute atomic E-state index is 0.259. The summed E-state index contributed by atoms with van der Waals surface area (Å²) in [4.78, 5) is 2.26. The summed E-state index contributed by atoms with van der Waals surface area (Å²) in [5, 5.41) is 0. The minimum atomic E-state index is -0.292. The monoisotopic (exact) mass is 331 g/mol. The maximum absolute atomic E-state index is 14.3. The van der Waals surface area contributed by atoms with Crippen molar-refractivity contribution >= 4 is 15.9 Å². The smallest absolute Gasteiger partial charge is 0.142 e. The Kier molecular flexibility index (Phi) is 5.92. The highest BCUT2D eigenvalue weighted by Gasteiger charge is 2.36. The molecule has 1 aromatic rings. The summed E-state index contributed by atoms with van der Waals surface area (Å²) in [6.07, 6.45) is 0. The molecular weight excluding hydrogens is 309 g/mol. The lowest BCUT2D eigenvalue weighted by molar-refractivity contribution is 0.0897. The number of hydrogen-bond acceptors (Lipinski definition) is 3. The highest BCUT2D eigenvalue weighted by molar-refractivity contribution is 9.10. The van der Waals surface area contributed by atoms with Crippen LogP contribution < -0.4 is 11.3 Å². The van der Waals surface area contributed by atoms with Gasteiger partial charge >= 0.3 is 0 Å². The lowest BCUT2D eigenvalue weighted by Gasteiger charge is -2.43. The third kappa shape index (κ3) is 3.34. The normalized spacial score (nSPS) is 13.9. The molecule has 0 aliphatic rings. The Morgan fingerprint density at radius 2 is 1.95 bits per heavy atom. The first kappa shape index (κ1) is 16.6. The molecule has 3 nitrogen and oxygen atoms in total. The fourth-order valence-corrected chi connectivity index (χ4v) is 3.02. The molecule has 1 atom stereocenters. The molecule has 0 fully saturated rings. The summed E-state index contributed by atoms with van der Waals surface area (Å²) < 4.78 is 14.7. The molecule has 0 aliphatic heterocycles. The van der Waals surface area contributed by atoms with Gasteiger partial charge < -0.3 is 0 Å². The molecule has 19 heavy (non-hydrogen) atoms. The van der Waals surface area contributed by atoms with Gasteiger partial charge in [0.1, 0.15) is 5.82 Å². The molecule has 5 heteroatoms. The van der Waals surface area contributed by atoms with Crippen molar-refractivity contribution in [2.75, 3.05) is 13.1 Å². The minimum Gasteiger partial charge on any atom is -0.297 e. The van der Waals surface area contributed by atoms with Crippen LogP contribution in [-0.2, 0) is 0 Å². The van der Waals surface area contributed by atoms with E-state index in [1.54, 1.807) is 12.1 Å². The number of halogens is 2. The Hall–Kier alpha value is -0.490. The Bertz CT molecular complexity index is 419. The second-order valence-corrected chi connectivity index (χ2v) is 5.92. The molecule has 1 rings (SSSR count). The van der Waals surface area contributed by atoms with Crippen LogP contribution in [0.25, 0.3) is 0 Å². The van der Waals surface area contributed by atoms with Crippen molar-refractivity contribution in [1.29, 1.82) is 0 Å². The molecule has 1 unspecified atom stereocenters. The standard InChI is InChI=1S/C14H23BrFN3/c1-5-19(6-2)14(3,4)13(18-17)10-8-7-9-11(15)12(10)16/h7-9,13,18H,5-6,17H2,1-4H3. The zero-order valence-electron chi connectivity index (χ0n) is 12.0. The topological polar surface area (TPSA) is 41.3 Å². The van der Waals surface area contributed by atoms with E-state index in [1.165, 1.54) is 0 Å². The number of nitrogens with two attached hydrogens (primary N) is 1. The van der Waals surface area contributed by atoms with Gasteiger partial charge in [-0.1, -0.05) is 26.0 Å². The number of hydrazine groups is 1. The summed E-state index contributed by atoms with van der Waals surface area (Å²) >= 11 is 3.22. The molecule has 0 aromatic heterocycles. The lowest BCUT2D eigenvalue weighted by atomic mass is 9.87. The molecule has 108 valence electrons. The van der Waals surface area contributed by atoms with Gasteiger partial charge in [0.2, 0.25) is 0 Å². The van der Waals surface area contributed by atoms with Gasteiger partial charge in [0, 0.05) is 11.1 Å². The van der Waals surface area contributed by atoms with Gasteiger partial charge in [-0.05, 0) is 48.9 Å². The van der Waals surface area contributed by atoms with E-state index < -0.39 is 0 Å². The molecule has 1 aromatic carbocycles. The number of nitrogens with zero attached hydrogens (tertiary/aromatic N) is 1. The van der Waals surface area contributed by atoms with E-state index in [2.05, 4.69) is 54.0 Å². The summed E-state index contributed by atoms with van der Waals surface area (Å²) in [7, 11) is 0. The van der Waals surface area contributed by atoms with Crippen molar-refractivity contribution in [3.05, 3.63) is 34.1 Å². The summed E-state index contributed by atoms with van der Waals surface area (Å²) in [6, 6.07) is 5.00. The first-order valence-corrected chi connectivity index (χ1v) is 7.34. The Labute approximate surface area is 123 Å². The van der Waals surface area contributed by atoms with Crippen molar-refractivity contribution < 1.29 is 4.39 Å². The lowest BCUT2D eigenvalue weighted by Crippen LogP contribution is -2.54. The Morgan fingerprint density at radius 1 is 1.37 bits per heavy atom. The number of rotatable bonds is 6. The molecular formula is C14H23BrFN3. The number of benzene rings is 1. The summed E-state index contributed by atoms with van der Waals surface area (Å²) in [5.74, 6) is 5.44. The van der Waals surface area contributed by atoms with Crippen LogP contribution in [0, 0.1) is 5.82 Å². The molecule has 0 amide bonds. The summed E-state index contributed by atoms with van der Waals surface area (Å²) in [6.45, 7) is 10.1. The van der Waals surface area contributed by atoms with E-state index in [9.17, 15) is 4.39 Å². The van der Waals surface area contributed by atoms with Crippen LogP contribution >= 0.6 is 15.9 Å². The van der Waals surface area contributed by atoms with Crippen LogP contribution in [0.15, 0.2) is 22.7 Å². The molecule has 3 N–H and O–H groups in total. The molecule has 0 aliphatic carbocycles. The number of likely N-dealkylation sites (N-methyl/N-ethyl adjacent to an activating group) is 1. The van der Waals surface area contributed by atoms with E-state index in [1.807, 2.05) is 6.07 Å². The first-order chi connectivity index (χ1) is 8.89. The third-order valence-corrected chi connectivity index (χ3v) is 4.36. The van der Waals surface area contributed by atoms with Crippen molar-refractivity contribution in [3.8, 4) is 0 Å². The van der Waals surface area contributed by atoms with Crippen LogP contribution in [0.2, 0.25) is 0 Å². The van der Waals surface area contributed by atoms with Gasteiger partial charge in [-0.2, -0.15) is 0 Å². The van der Waals surface area contributed by atoms with Crippen LogP contribution in [0.5, 0.6) is 0 Å². The van der Waals surface area contributed by atoms with E-state index in [0.717, 1.165) is 13.1 Å². The molecule has 0 spiro atoms. The van der Waals surface area contributed by atoms with E-state index in [0.29, 0.717) is 10.0 Å². The van der Waals surface area contributed by atoms with Gasteiger partial charge in [0.05, 0.1) is 10.5 Å². The quantitative estimate of drug-likeness (QED) is 0.621. The maximum atomic E-state index is 14.3. The zero-order chi connectivity index (χ0) is 14.6. The van der Waals surface area contributed by atoms with E-state index >= 15 is 0 Å². The van der Waals surface area contributed by atoms with Crippen molar-refractivity contribution in [2.45, 2.75) is 39.3 Å². The highest BCUT2D eigenvalue weighted by Crippen LogP contribution is 2.33. The van der Waals surface area contributed by atoms with Crippen molar-refractivity contribution in [2.24, 2.45) is 5.84 Å². The second kappa shape index (κ2) is 6.79. The van der Waals surface area contributed by atoms with Crippen LogP contribution in [0.1, 0.15) is 39.3 Å². The highest BCUT2D eigenvalue weighted by atomic mass is 79.9. The zero-order valence-corrected chi connectivity index (χ0v) is 13.6. The van der Waals surface area contributed by atoms with Gasteiger partial charge in [-0.25, -0.2) is 4.39 Å². The average Bonchev–Trinajstić information content (AvgIpc) is 2.36. The van der Waals surface area contributed by atoms with Gasteiger partial charge in [-0.3, -0.25) is 16.2 Å². The predicted molar refractivity (Wildman–Crippen MR) is 81.2 cm³/mol. The van der Waals surface area contributed by atoms with Gasteiger partial charge in [0.15, 0.2) is 0 Å².